The lowest BCUT2D eigenvalue weighted by molar-refractivity contribution is -0.139. The van der Waals surface area contributed by atoms with Crippen molar-refractivity contribution >= 4 is 35.0 Å². The molecule has 0 unspecified atom stereocenters. The molecule has 0 aliphatic heterocycles. The molecule has 0 N–H and O–H groups in total. The fourth-order valence-electron chi connectivity index (χ4n) is 3.16. The Morgan fingerprint density at radius 2 is 1.92 bits per heavy atom. The van der Waals surface area contributed by atoms with Crippen molar-refractivity contribution in [2.75, 3.05) is 13.4 Å². The van der Waals surface area contributed by atoms with Crippen molar-refractivity contribution < 1.29 is 9.53 Å². The van der Waals surface area contributed by atoms with Crippen LogP contribution < -0.4 is 0 Å². The molecule has 0 radical (unpaired) electrons. The third-order valence-corrected chi connectivity index (χ3v) is 5.34. The third-order valence-electron chi connectivity index (χ3n) is 4.60. The Morgan fingerprint density at radius 1 is 1.19 bits per heavy atom. The van der Waals surface area contributed by atoms with Crippen LogP contribution >= 0.6 is 11.8 Å². The molecule has 0 amide bonds. The summed E-state index contributed by atoms with van der Waals surface area (Å²) in [5.74, 6) is -0.279. The standard InChI is InChI=1S/C22H19NO2S/c1-14-19(10-15-4-7-17(26-3)8-5-15)18-9-6-16(13-23)11-21(18)20(14)12-22(24)25-2/h4-11H,12H2,1-3H3. The van der Waals surface area contributed by atoms with Crippen LogP contribution in [0.4, 0.5) is 0 Å². The van der Waals surface area contributed by atoms with Gasteiger partial charge in [-0.1, -0.05) is 18.2 Å². The van der Waals surface area contributed by atoms with Crippen molar-refractivity contribution in [2.24, 2.45) is 0 Å². The zero-order valence-electron chi connectivity index (χ0n) is 15.0. The number of fused-ring (bicyclic) bond motifs is 1. The van der Waals surface area contributed by atoms with Gasteiger partial charge in [0, 0.05) is 4.90 Å². The summed E-state index contributed by atoms with van der Waals surface area (Å²) in [6, 6.07) is 16.2. The number of nitriles is 1. The number of methoxy groups -OCH3 is 1. The number of rotatable bonds is 4. The van der Waals surface area contributed by atoms with E-state index in [1.165, 1.54) is 12.0 Å². The number of thioether (sulfide) groups is 1. The normalized spacial score (nSPS) is 14.3. The summed E-state index contributed by atoms with van der Waals surface area (Å²) in [4.78, 5) is 13.1. The smallest absolute Gasteiger partial charge is 0.310 e. The van der Waals surface area contributed by atoms with Crippen LogP contribution in [0.25, 0.3) is 17.2 Å². The molecule has 0 aromatic heterocycles. The first-order valence-corrected chi connectivity index (χ1v) is 9.47. The van der Waals surface area contributed by atoms with Gasteiger partial charge in [0.25, 0.3) is 0 Å². The van der Waals surface area contributed by atoms with Gasteiger partial charge in [-0.05, 0) is 76.9 Å². The van der Waals surface area contributed by atoms with E-state index in [1.54, 1.807) is 11.8 Å². The highest BCUT2D eigenvalue weighted by Crippen LogP contribution is 2.44. The SMILES string of the molecule is COC(=O)CC1=C(C)C(=Cc2ccc(SC)cc2)c2ccc(C#N)cc21. The zero-order chi connectivity index (χ0) is 18.7. The molecular formula is C22H19NO2S. The Kier molecular flexibility index (Phi) is 5.29. The van der Waals surface area contributed by atoms with Gasteiger partial charge in [-0.2, -0.15) is 5.26 Å². The molecule has 0 fully saturated rings. The molecule has 0 heterocycles. The Morgan fingerprint density at radius 3 is 2.54 bits per heavy atom. The molecule has 26 heavy (non-hydrogen) atoms. The Labute approximate surface area is 158 Å². The molecule has 0 atom stereocenters. The second kappa shape index (κ2) is 7.63. The monoisotopic (exact) mass is 361 g/mol. The van der Waals surface area contributed by atoms with Gasteiger partial charge >= 0.3 is 5.97 Å². The van der Waals surface area contributed by atoms with Gasteiger partial charge in [-0.3, -0.25) is 4.79 Å². The summed E-state index contributed by atoms with van der Waals surface area (Å²) in [6.07, 6.45) is 4.39. The number of ether oxygens (including phenoxy) is 1. The lowest BCUT2D eigenvalue weighted by Gasteiger charge is -2.05. The lowest BCUT2D eigenvalue weighted by Crippen LogP contribution is -2.01. The predicted octanol–water partition coefficient (Wildman–Crippen LogP) is 5.17. The first-order valence-electron chi connectivity index (χ1n) is 8.25. The number of allylic oxidation sites excluding steroid dienone is 2. The maximum atomic E-state index is 11.9. The van der Waals surface area contributed by atoms with Crippen LogP contribution in [0.15, 0.2) is 52.9 Å². The Hall–Kier alpha value is -2.77. The van der Waals surface area contributed by atoms with Crippen LogP contribution in [0.1, 0.15) is 35.6 Å². The molecule has 2 aromatic carbocycles. The van der Waals surface area contributed by atoms with Crippen molar-refractivity contribution in [3.8, 4) is 6.07 Å². The van der Waals surface area contributed by atoms with Crippen LogP contribution in [-0.2, 0) is 9.53 Å². The van der Waals surface area contributed by atoms with Crippen molar-refractivity contribution in [1.29, 1.82) is 5.26 Å². The van der Waals surface area contributed by atoms with Crippen LogP contribution in [0.2, 0.25) is 0 Å². The van der Waals surface area contributed by atoms with Gasteiger partial charge < -0.3 is 4.74 Å². The highest BCUT2D eigenvalue weighted by Gasteiger charge is 2.25. The Balaban J connectivity index is 2.11. The maximum absolute atomic E-state index is 11.9. The lowest BCUT2D eigenvalue weighted by atomic mass is 9.99. The third kappa shape index (κ3) is 3.44. The van der Waals surface area contributed by atoms with Crippen molar-refractivity contribution in [3.05, 3.63) is 70.3 Å². The molecule has 3 rings (SSSR count). The molecule has 1 aliphatic carbocycles. The van der Waals surface area contributed by atoms with Gasteiger partial charge in [-0.25, -0.2) is 0 Å². The zero-order valence-corrected chi connectivity index (χ0v) is 15.8. The second-order valence-corrected chi connectivity index (χ2v) is 6.94. The summed E-state index contributed by atoms with van der Waals surface area (Å²) < 4.78 is 4.85. The highest BCUT2D eigenvalue weighted by molar-refractivity contribution is 7.98. The minimum atomic E-state index is -0.279. The summed E-state index contributed by atoms with van der Waals surface area (Å²) in [7, 11) is 1.39. The first kappa shape index (κ1) is 18.0. The van der Waals surface area contributed by atoms with Gasteiger partial charge in [0.05, 0.1) is 25.2 Å². The van der Waals surface area contributed by atoms with E-state index in [1.807, 2.05) is 25.1 Å². The van der Waals surface area contributed by atoms with E-state index in [0.29, 0.717) is 5.56 Å². The van der Waals surface area contributed by atoms with E-state index in [2.05, 4.69) is 42.7 Å². The highest BCUT2D eigenvalue weighted by atomic mass is 32.2. The molecule has 130 valence electrons. The van der Waals surface area contributed by atoms with E-state index >= 15 is 0 Å². The van der Waals surface area contributed by atoms with Crippen LogP contribution in [0, 0.1) is 11.3 Å². The molecule has 2 aromatic rings. The van der Waals surface area contributed by atoms with Crippen molar-refractivity contribution in [1.82, 2.24) is 0 Å². The number of carbonyl (C=O) groups excluding carboxylic acids is 1. The molecule has 4 heteroatoms. The van der Waals surface area contributed by atoms with E-state index in [-0.39, 0.29) is 12.4 Å². The van der Waals surface area contributed by atoms with Crippen LogP contribution in [-0.4, -0.2) is 19.3 Å². The van der Waals surface area contributed by atoms with Crippen LogP contribution in [0.5, 0.6) is 0 Å². The van der Waals surface area contributed by atoms with E-state index < -0.39 is 0 Å². The van der Waals surface area contributed by atoms with E-state index in [4.69, 9.17) is 4.74 Å². The Bertz CT molecular complexity index is 963. The van der Waals surface area contributed by atoms with E-state index in [0.717, 1.165) is 33.4 Å². The molecule has 0 saturated heterocycles. The number of nitrogens with zero attached hydrogens (tertiary/aromatic N) is 1. The number of benzene rings is 2. The molecule has 1 aliphatic rings. The summed E-state index contributed by atoms with van der Waals surface area (Å²) in [5.41, 5.74) is 6.75. The number of hydrogen-bond acceptors (Lipinski definition) is 4. The molecule has 0 spiro atoms. The van der Waals surface area contributed by atoms with Gasteiger partial charge in [0.1, 0.15) is 0 Å². The van der Waals surface area contributed by atoms with Crippen molar-refractivity contribution in [3.63, 3.8) is 0 Å². The van der Waals surface area contributed by atoms with Gasteiger partial charge in [-0.15, -0.1) is 11.8 Å². The topological polar surface area (TPSA) is 50.1 Å². The molecule has 0 bridgehead atoms. The van der Waals surface area contributed by atoms with Gasteiger partial charge in [0.2, 0.25) is 0 Å². The number of carbonyl (C=O) groups is 1. The fraction of sp³-hybridized carbons (Fsp3) is 0.182. The van der Waals surface area contributed by atoms with Gasteiger partial charge in [0.15, 0.2) is 0 Å². The number of esters is 1. The summed E-state index contributed by atoms with van der Waals surface area (Å²) >= 11 is 1.71. The largest absolute Gasteiger partial charge is 0.469 e. The number of hydrogen-bond donors (Lipinski definition) is 0. The minimum absolute atomic E-state index is 0.201. The average Bonchev–Trinajstić information content (AvgIpc) is 2.93. The molecule has 0 saturated carbocycles. The maximum Gasteiger partial charge on any atom is 0.310 e. The second-order valence-electron chi connectivity index (χ2n) is 6.06. The predicted molar refractivity (Wildman–Crippen MR) is 106 cm³/mol. The summed E-state index contributed by atoms with van der Waals surface area (Å²) in [5, 5.41) is 9.23. The fourth-order valence-corrected chi connectivity index (χ4v) is 3.57. The minimum Gasteiger partial charge on any atom is -0.469 e. The first-order chi connectivity index (χ1) is 12.6. The van der Waals surface area contributed by atoms with Crippen molar-refractivity contribution in [2.45, 2.75) is 18.2 Å². The van der Waals surface area contributed by atoms with Crippen LogP contribution in [0.3, 0.4) is 0 Å². The summed E-state index contributed by atoms with van der Waals surface area (Å²) in [6.45, 7) is 2.02. The molecule has 3 nitrogen and oxygen atoms in total. The molecular weight excluding hydrogens is 342 g/mol. The quantitative estimate of drug-likeness (QED) is 0.557. The average molecular weight is 361 g/mol. The van der Waals surface area contributed by atoms with E-state index in [9.17, 15) is 10.1 Å².